The Morgan fingerprint density at radius 2 is 2.00 bits per heavy atom. The SMILES string of the molecule is C[C@@H](O)c1cc(F)ccc1N1CC=C(C(C)(C)C)CC1. The van der Waals surface area contributed by atoms with E-state index in [1.807, 2.05) is 0 Å². The highest BCUT2D eigenvalue weighted by Gasteiger charge is 2.23. The molecule has 0 aromatic heterocycles. The topological polar surface area (TPSA) is 23.5 Å². The van der Waals surface area contributed by atoms with Crippen LogP contribution in [0.1, 0.15) is 45.8 Å². The van der Waals surface area contributed by atoms with E-state index < -0.39 is 6.10 Å². The van der Waals surface area contributed by atoms with E-state index in [0.29, 0.717) is 5.56 Å². The molecule has 1 atom stereocenters. The van der Waals surface area contributed by atoms with Gasteiger partial charge in [-0.2, -0.15) is 0 Å². The van der Waals surface area contributed by atoms with Crippen LogP contribution in [0.3, 0.4) is 0 Å². The number of aliphatic hydroxyl groups is 1. The van der Waals surface area contributed by atoms with Crippen LogP contribution in [0.4, 0.5) is 10.1 Å². The van der Waals surface area contributed by atoms with Gasteiger partial charge >= 0.3 is 0 Å². The van der Waals surface area contributed by atoms with Gasteiger partial charge in [-0.15, -0.1) is 0 Å². The van der Waals surface area contributed by atoms with Crippen molar-refractivity contribution in [2.24, 2.45) is 5.41 Å². The molecule has 110 valence electrons. The van der Waals surface area contributed by atoms with Crippen molar-refractivity contribution in [3.63, 3.8) is 0 Å². The minimum atomic E-state index is -0.659. The van der Waals surface area contributed by atoms with E-state index in [2.05, 4.69) is 31.7 Å². The lowest BCUT2D eigenvalue weighted by molar-refractivity contribution is 0.199. The van der Waals surface area contributed by atoms with Gasteiger partial charge in [0.25, 0.3) is 0 Å². The second-order valence-corrected chi connectivity index (χ2v) is 6.55. The van der Waals surface area contributed by atoms with Crippen LogP contribution in [-0.4, -0.2) is 18.2 Å². The van der Waals surface area contributed by atoms with Crippen LogP contribution in [0.5, 0.6) is 0 Å². The van der Waals surface area contributed by atoms with Gasteiger partial charge < -0.3 is 10.0 Å². The highest BCUT2D eigenvalue weighted by Crippen LogP contribution is 2.34. The lowest BCUT2D eigenvalue weighted by Gasteiger charge is -2.34. The van der Waals surface area contributed by atoms with Crippen molar-refractivity contribution in [2.75, 3.05) is 18.0 Å². The molecule has 3 heteroatoms. The minimum absolute atomic E-state index is 0.210. The molecular formula is C17H24FNO. The normalized spacial score (nSPS) is 17.9. The van der Waals surface area contributed by atoms with Crippen LogP contribution in [0.15, 0.2) is 29.8 Å². The molecule has 0 bridgehead atoms. The first-order chi connectivity index (χ1) is 9.29. The number of hydrogen-bond acceptors (Lipinski definition) is 2. The van der Waals surface area contributed by atoms with Gasteiger partial charge in [0.15, 0.2) is 0 Å². The molecule has 0 aliphatic carbocycles. The van der Waals surface area contributed by atoms with E-state index in [4.69, 9.17) is 0 Å². The highest BCUT2D eigenvalue weighted by molar-refractivity contribution is 5.56. The molecule has 2 rings (SSSR count). The fourth-order valence-electron chi connectivity index (χ4n) is 2.72. The number of rotatable bonds is 2. The van der Waals surface area contributed by atoms with Gasteiger partial charge in [0.05, 0.1) is 6.10 Å². The summed E-state index contributed by atoms with van der Waals surface area (Å²) < 4.78 is 13.4. The molecule has 0 radical (unpaired) electrons. The van der Waals surface area contributed by atoms with Crippen LogP contribution >= 0.6 is 0 Å². The summed E-state index contributed by atoms with van der Waals surface area (Å²) in [6, 6.07) is 4.67. The monoisotopic (exact) mass is 277 g/mol. The summed E-state index contributed by atoms with van der Waals surface area (Å²) in [5.74, 6) is -0.299. The molecule has 0 fully saturated rings. The van der Waals surface area contributed by atoms with Gasteiger partial charge in [-0.1, -0.05) is 32.4 Å². The lowest BCUT2D eigenvalue weighted by atomic mass is 9.83. The Morgan fingerprint density at radius 3 is 2.50 bits per heavy atom. The molecule has 2 nitrogen and oxygen atoms in total. The molecule has 1 aliphatic heterocycles. The van der Waals surface area contributed by atoms with Crippen molar-refractivity contribution in [2.45, 2.75) is 40.2 Å². The van der Waals surface area contributed by atoms with E-state index in [0.717, 1.165) is 25.2 Å². The maximum atomic E-state index is 13.4. The molecule has 0 unspecified atom stereocenters. The van der Waals surface area contributed by atoms with Crippen LogP contribution in [0, 0.1) is 11.2 Å². The zero-order chi connectivity index (χ0) is 14.9. The van der Waals surface area contributed by atoms with Gasteiger partial charge in [-0.25, -0.2) is 4.39 Å². The zero-order valence-electron chi connectivity index (χ0n) is 12.8. The number of benzene rings is 1. The Kier molecular flexibility index (Phi) is 4.19. The lowest BCUT2D eigenvalue weighted by Crippen LogP contribution is -2.32. The quantitative estimate of drug-likeness (QED) is 0.824. The summed E-state index contributed by atoms with van der Waals surface area (Å²) in [6.07, 6.45) is 2.62. The fourth-order valence-corrected chi connectivity index (χ4v) is 2.72. The summed E-state index contributed by atoms with van der Waals surface area (Å²) in [6.45, 7) is 10.1. The molecule has 0 saturated heterocycles. The number of hydrogen-bond donors (Lipinski definition) is 1. The van der Waals surface area contributed by atoms with Gasteiger partial charge in [-0.05, 0) is 37.0 Å². The van der Waals surface area contributed by atoms with Crippen molar-refractivity contribution in [3.8, 4) is 0 Å². The van der Waals surface area contributed by atoms with Gasteiger partial charge in [0.2, 0.25) is 0 Å². The van der Waals surface area contributed by atoms with Crippen LogP contribution in [0.2, 0.25) is 0 Å². The number of aliphatic hydroxyl groups excluding tert-OH is 1. The number of nitrogens with zero attached hydrogens (tertiary/aromatic N) is 1. The molecular weight excluding hydrogens is 253 g/mol. The highest BCUT2D eigenvalue weighted by atomic mass is 19.1. The molecule has 20 heavy (non-hydrogen) atoms. The Labute approximate surface area is 120 Å². The molecule has 1 N–H and O–H groups in total. The van der Waals surface area contributed by atoms with Gasteiger partial charge in [-0.3, -0.25) is 0 Å². The first kappa shape index (κ1) is 15.0. The summed E-state index contributed by atoms with van der Waals surface area (Å²) in [7, 11) is 0. The Morgan fingerprint density at radius 1 is 1.30 bits per heavy atom. The largest absolute Gasteiger partial charge is 0.389 e. The summed E-state index contributed by atoms with van der Waals surface area (Å²) in [5.41, 5.74) is 3.28. The average Bonchev–Trinajstić information content (AvgIpc) is 2.37. The molecule has 1 aromatic carbocycles. The second kappa shape index (κ2) is 5.57. The van der Waals surface area contributed by atoms with Gasteiger partial charge in [0.1, 0.15) is 5.82 Å². The van der Waals surface area contributed by atoms with E-state index in [1.54, 1.807) is 13.0 Å². The maximum Gasteiger partial charge on any atom is 0.123 e. The third kappa shape index (κ3) is 3.21. The van der Waals surface area contributed by atoms with Crippen molar-refractivity contribution < 1.29 is 9.50 Å². The predicted octanol–water partition coefficient (Wildman–Crippen LogP) is 4.06. The second-order valence-electron chi connectivity index (χ2n) is 6.55. The first-order valence-corrected chi connectivity index (χ1v) is 7.21. The number of anilines is 1. The Bertz CT molecular complexity index is 514. The summed E-state index contributed by atoms with van der Waals surface area (Å²) >= 11 is 0. The van der Waals surface area contributed by atoms with Crippen LogP contribution < -0.4 is 4.90 Å². The standard InChI is InChI=1S/C17H24FNO/c1-12(20)15-11-14(18)5-6-16(15)19-9-7-13(8-10-19)17(2,3)4/h5-7,11-12,20H,8-10H2,1-4H3/t12-/m1/s1. The van der Waals surface area contributed by atoms with Gasteiger partial charge in [0, 0.05) is 24.3 Å². The molecule has 0 saturated carbocycles. The maximum absolute atomic E-state index is 13.4. The van der Waals surface area contributed by atoms with E-state index in [-0.39, 0.29) is 11.2 Å². The summed E-state index contributed by atoms with van der Waals surface area (Å²) in [5, 5.41) is 9.83. The van der Waals surface area contributed by atoms with Crippen LogP contribution in [-0.2, 0) is 0 Å². The minimum Gasteiger partial charge on any atom is -0.389 e. The predicted molar refractivity (Wildman–Crippen MR) is 81.4 cm³/mol. The smallest absolute Gasteiger partial charge is 0.123 e. The summed E-state index contributed by atoms with van der Waals surface area (Å²) in [4.78, 5) is 2.21. The molecule has 1 aliphatic rings. The Balaban J connectivity index is 2.25. The fraction of sp³-hybridized carbons (Fsp3) is 0.529. The van der Waals surface area contributed by atoms with Crippen molar-refractivity contribution in [1.29, 1.82) is 0 Å². The van der Waals surface area contributed by atoms with Crippen molar-refractivity contribution >= 4 is 5.69 Å². The van der Waals surface area contributed by atoms with Crippen molar-refractivity contribution in [1.82, 2.24) is 0 Å². The molecule has 1 heterocycles. The average molecular weight is 277 g/mol. The molecule has 1 aromatic rings. The third-order valence-corrected chi connectivity index (χ3v) is 3.95. The Hall–Kier alpha value is -1.35. The zero-order valence-corrected chi connectivity index (χ0v) is 12.8. The molecule has 0 spiro atoms. The van der Waals surface area contributed by atoms with E-state index >= 15 is 0 Å². The van der Waals surface area contributed by atoms with Crippen molar-refractivity contribution in [3.05, 3.63) is 41.2 Å². The molecule has 0 amide bonds. The van der Waals surface area contributed by atoms with Crippen LogP contribution in [0.25, 0.3) is 0 Å². The number of halogens is 1. The third-order valence-electron chi connectivity index (χ3n) is 3.95. The first-order valence-electron chi connectivity index (χ1n) is 7.21. The van der Waals surface area contributed by atoms with E-state index in [1.165, 1.54) is 17.7 Å². The van der Waals surface area contributed by atoms with E-state index in [9.17, 15) is 9.50 Å².